The molecule has 0 aliphatic carbocycles. The highest BCUT2D eigenvalue weighted by atomic mass is 16.6. The largest absolute Gasteiger partial charge is 0.490 e. The summed E-state index contributed by atoms with van der Waals surface area (Å²) in [5.74, 6) is 0.626. The van der Waals surface area contributed by atoms with Gasteiger partial charge in [0, 0.05) is 37.1 Å². The minimum atomic E-state index is -0.497. The fourth-order valence-electron chi connectivity index (χ4n) is 3.67. The molecule has 2 fully saturated rings. The molecule has 0 N–H and O–H groups in total. The highest BCUT2D eigenvalue weighted by Gasteiger charge is 2.45. The van der Waals surface area contributed by atoms with Gasteiger partial charge >= 0.3 is 6.09 Å². The number of amides is 1. The Morgan fingerprint density at radius 3 is 2.20 bits per heavy atom. The van der Waals surface area contributed by atoms with Gasteiger partial charge in [-0.15, -0.1) is 0 Å². The van der Waals surface area contributed by atoms with E-state index in [1.54, 1.807) is 12.1 Å². The number of fused-ring (bicyclic) bond motifs is 2. The van der Waals surface area contributed by atoms with Gasteiger partial charge in [0.25, 0.3) is 5.69 Å². The molecule has 2 saturated heterocycles. The zero-order chi connectivity index (χ0) is 18.2. The summed E-state index contributed by atoms with van der Waals surface area (Å²) >= 11 is 0. The van der Waals surface area contributed by atoms with Gasteiger partial charge in [0.1, 0.15) is 17.5 Å². The van der Waals surface area contributed by atoms with Crippen LogP contribution in [0.15, 0.2) is 24.3 Å². The number of piperidine rings is 1. The number of benzene rings is 1. The van der Waals surface area contributed by atoms with Crippen LogP contribution in [0.5, 0.6) is 5.75 Å². The minimum absolute atomic E-state index is 0.0117. The smallest absolute Gasteiger partial charge is 0.410 e. The van der Waals surface area contributed by atoms with Crippen LogP contribution in [0.25, 0.3) is 0 Å². The number of non-ortho nitro benzene ring substituents is 1. The Morgan fingerprint density at radius 2 is 1.72 bits per heavy atom. The van der Waals surface area contributed by atoms with Gasteiger partial charge < -0.3 is 14.4 Å². The lowest BCUT2D eigenvalue weighted by molar-refractivity contribution is -0.384. The van der Waals surface area contributed by atoms with Gasteiger partial charge in [0.2, 0.25) is 0 Å². The van der Waals surface area contributed by atoms with Gasteiger partial charge in [-0.25, -0.2) is 4.79 Å². The Balaban J connectivity index is 1.62. The van der Waals surface area contributed by atoms with Gasteiger partial charge in [0.15, 0.2) is 0 Å². The van der Waals surface area contributed by atoms with E-state index in [1.165, 1.54) is 12.1 Å². The number of ether oxygens (including phenoxy) is 2. The standard InChI is InChI=1S/C18H24N2O5/c1-18(2,3)25-17(21)19-13-4-5-14(19)11-16(10-13)24-15-8-6-12(7-9-15)20(22)23/h6-9,13-14,16H,4-5,10-11H2,1-3H3/t13-,14+,16?. The van der Waals surface area contributed by atoms with E-state index in [9.17, 15) is 14.9 Å². The summed E-state index contributed by atoms with van der Waals surface area (Å²) in [4.78, 5) is 24.6. The van der Waals surface area contributed by atoms with Crippen molar-refractivity contribution < 1.29 is 19.2 Å². The van der Waals surface area contributed by atoms with Gasteiger partial charge in [0.05, 0.1) is 4.92 Å². The summed E-state index contributed by atoms with van der Waals surface area (Å²) < 4.78 is 11.5. The maximum atomic E-state index is 12.4. The van der Waals surface area contributed by atoms with Gasteiger partial charge in [-0.05, 0) is 45.7 Å². The van der Waals surface area contributed by atoms with E-state index in [2.05, 4.69) is 0 Å². The van der Waals surface area contributed by atoms with Crippen molar-refractivity contribution in [2.45, 2.75) is 70.2 Å². The molecule has 0 radical (unpaired) electrons. The van der Waals surface area contributed by atoms with Crippen molar-refractivity contribution in [3.63, 3.8) is 0 Å². The second-order valence-corrected chi connectivity index (χ2v) is 7.73. The molecule has 3 atom stereocenters. The molecule has 2 aliphatic rings. The van der Waals surface area contributed by atoms with Crippen molar-refractivity contribution >= 4 is 11.8 Å². The van der Waals surface area contributed by atoms with Crippen LogP contribution < -0.4 is 4.74 Å². The van der Waals surface area contributed by atoms with Crippen molar-refractivity contribution in [3.05, 3.63) is 34.4 Å². The number of nitro groups is 1. The van der Waals surface area contributed by atoms with Gasteiger partial charge in [-0.1, -0.05) is 0 Å². The maximum Gasteiger partial charge on any atom is 0.410 e. The summed E-state index contributed by atoms with van der Waals surface area (Å²) in [6.45, 7) is 5.62. The molecule has 2 heterocycles. The Morgan fingerprint density at radius 1 is 1.16 bits per heavy atom. The average Bonchev–Trinajstić information content (AvgIpc) is 2.78. The van der Waals surface area contributed by atoms with Crippen molar-refractivity contribution in [3.8, 4) is 5.75 Å². The molecule has 0 saturated carbocycles. The first-order valence-corrected chi connectivity index (χ1v) is 8.65. The van der Waals surface area contributed by atoms with E-state index in [4.69, 9.17) is 9.47 Å². The van der Waals surface area contributed by atoms with Crippen molar-refractivity contribution in [1.29, 1.82) is 0 Å². The summed E-state index contributed by atoms with van der Waals surface area (Å²) in [5.41, 5.74) is -0.449. The van der Waals surface area contributed by atoms with Crippen LogP contribution >= 0.6 is 0 Å². The summed E-state index contributed by atoms with van der Waals surface area (Å²) in [7, 11) is 0. The molecule has 0 spiro atoms. The predicted molar refractivity (Wildman–Crippen MR) is 91.6 cm³/mol. The molecule has 25 heavy (non-hydrogen) atoms. The first kappa shape index (κ1) is 17.5. The third kappa shape index (κ3) is 4.03. The van der Waals surface area contributed by atoms with E-state index in [0.717, 1.165) is 25.7 Å². The minimum Gasteiger partial charge on any atom is -0.490 e. The molecule has 2 aliphatic heterocycles. The van der Waals surface area contributed by atoms with Crippen LogP contribution in [-0.4, -0.2) is 39.7 Å². The molecular weight excluding hydrogens is 324 g/mol. The highest BCUT2D eigenvalue weighted by molar-refractivity contribution is 5.69. The number of carbonyl (C=O) groups is 1. The molecule has 7 heteroatoms. The van der Waals surface area contributed by atoms with Crippen molar-refractivity contribution in [1.82, 2.24) is 4.90 Å². The van der Waals surface area contributed by atoms with Crippen LogP contribution in [-0.2, 0) is 4.74 Å². The van der Waals surface area contributed by atoms with Crippen LogP contribution in [0.1, 0.15) is 46.5 Å². The SMILES string of the molecule is CC(C)(C)OC(=O)N1[C@@H]2CC[C@H]1CC(Oc1ccc([N+](=O)[O-])cc1)C2. The van der Waals surface area contributed by atoms with E-state index < -0.39 is 10.5 Å². The molecule has 0 aromatic heterocycles. The summed E-state index contributed by atoms with van der Waals surface area (Å²) in [5, 5.41) is 10.7. The first-order valence-electron chi connectivity index (χ1n) is 8.65. The number of nitrogens with zero attached hydrogens (tertiary/aromatic N) is 2. The van der Waals surface area contributed by atoms with Crippen LogP contribution in [0.2, 0.25) is 0 Å². The fraction of sp³-hybridized carbons (Fsp3) is 0.611. The third-order valence-corrected chi connectivity index (χ3v) is 4.64. The van der Waals surface area contributed by atoms with E-state index >= 15 is 0 Å². The predicted octanol–water partition coefficient (Wildman–Crippen LogP) is 3.90. The van der Waals surface area contributed by atoms with E-state index in [1.807, 2.05) is 25.7 Å². The molecular formula is C18H24N2O5. The lowest BCUT2D eigenvalue weighted by Crippen LogP contribution is -2.50. The first-order chi connectivity index (χ1) is 11.7. The zero-order valence-corrected chi connectivity index (χ0v) is 14.8. The molecule has 2 bridgehead atoms. The Labute approximate surface area is 147 Å². The zero-order valence-electron chi connectivity index (χ0n) is 14.8. The highest BCUT2D eigenvalue weighted by Crippen LogP contribution is 2.38. The lowest BCUT2D eigenvalue weighted by atomic mass is 10.00. The number of hydrogen-bond donors (Lipinski definition) is 0. The Hall–Kier alpha value is -2.31. The molecule has 1 aromatic rings. The van der Waals surface area contributed by atoms with Gasteiger partial charge in [-0.3, -0.25) is 10.1 Å². The number of nitro benzene ring substituents is 1. The lowest BCUT2D eigenvalue weighted by Gasteiger charge is -2.39. The normalized spacial score (nSPS) is 25.6. The van der Waals surface area contributed by atoms with Crippen LogP contribution in [0.3, 0.4) is 0 Å². The molecule has 3 rings (SSSR count). The second kappa shape index (κ2) is 6.54. The van der Waals surface area contributed by atoms with Crippen LogP contribution in [0.4, 0.5) is 10.5 Å². The number of carbonyl (C=O) groups excluding carboxylic acids is 1. The second-order valence-electron chi connectivity index (χ2n) is 7.73. The van der Waals surface area contributed by atoms with E-state index in [0.29, 0.717) is 5.75 Å². The maximum absolute atomic E-state index is 12.4. The molecule has 136 valence electrons. The Kier molecular flexibility index (Phi) is 4.58. The Bertz CT molecular complexity index is 638. The van der Waals surface area contributed by atoms with Gasteiger partial charge in [-0.2, -0.15) is 0 Å². The monoisotopic (exact) mass is 348 g/mol. The van der Waals surface area contributed by atoms with Crippen molar-refractivity contribution in [2.75, 3.05) is 0 Å². The average molecular weight is 348 g/mol. The van der Waals surface area contributed by atoms with Crippen LogP contribution in [0, 0.1) is 10.1 Å². The molecule has 1 aromatic carbocycles. The van der Waals surface area contributed by atoms with E-state index in [-0.39, 0.29) is 30.0 Å². The fourth-order valence-corrected chi connectivity index (χ4v) is 3.67. The molecule has 1 amide bonds. The molecule has 7 nitrogen and oxygen atoms in total. The molecule has 1 unspecified atom stereocenters. The number of hydrogen-bond acceptors (Lipinski definition) is 5. The summed E-state index contributed by atoms with van der Waals surface area (Å²) in [6, 6.07) is 6.41. The van der Waals surface area contributed by atoms with Crippen molar-refractivity contribution in [2.24, 2.45) is 0 Å². The third-order valence-electron chi connectivity index (χ3n) is 4.64. The summed E-state index contributed by atoms with van der Waals surface area (Å²) in [6.07, 6.45) is 3.21. The topological polar surface area (TPSA) is 81.9 Å². The quantitative estimate of drug-likeness (QED) is 0.611. The number of rotatable bonds is 3.